The van der Waals surface area contributed by atoms with Gasteiger partial charge in [0.05, 0.1) is 25.1 Å². The van der Waals surface area contributed by atoms with E-state index < -0.39 is 5.25 Å². The van der Waals surface area contributed by atoms with Gasteiger partial charge >= 0.3 is 0 Å². The third-order valence-corrected chi connectivity index (χ3v) is 7.47. The molecule has 1 unspecified atom stereocenters. The van der Waals surface area contributed by atoms with Gasteiger partial charge in [-0.15, -0.1) is 11.8 Å². The van der Waals surface area contributed by atoms with Crippen LogP contribution in [0.4, 0.5) is 0 Å². The zero-order valence-electron chi connectivity index (χ0n) is 23.9. The maximum absolute atomic E-state index is 12.6. The van der Waals surface area contributed by atoms with Crippen LogP contribution in [0.2, 0.25) is 0 Å². The number of likely N-dealkylation sites (tertiary alicyclic amines) is 1. The molecule has 0 aromatic carbocycles. The summed E-state index contributed by atoms with van der Waals surface area (Å²) in [7, 11) is 0. The van der Waals surface area contributed by atoms with Gasteiger partial charge in [-0.05, 0) is 19.3 Å². The van der Waals surface area contributed by atoms with Crippen LogP contribution >= 0.6 is 11.8 Å². The number of unbranched alkanes of at least 4 members (excludes halogenated alkanes) is 4. The fourth-order valence-corrected chi connectivity index (χ4v) is 5.03. The maximum Gasteiger partial charge on any atom is 0.242 e. The fraction of sp³-hybridized carbons (Fsp3) is 0.821. The van der Waals surface area contributed by atoms with E-state index in [9.17, 15) is 24.0 Å². The number of imide groups is 1. The van der Waals surface area contributed by atoms with Crippen molar-refractivity contribution in [3.8, 4) is 0 Å². The predicted molar refractivity (Wildman–Crippen MR) is 152 cm³/mol. The summed E-state index contributed by atoms with van der Waals surface area (Å²) in [4.78, 5) is 61.7. The quantitative estimate of drug-likeness (QED) is 0.126. The van der Waals surface area contributed by atoms with E-state index in [0.29, 0.717) is 71.0 Å². The van der Waals surface area contributed by atoms with E-state index in [2.05, 4.69) is 24.5 Å². The van der Waals surface area contributed by atoms with Crippen molar-refractivity contribution in [1.29, 1.82) is 0 Å². The largest absolute Gasteiger partial charge is 0.379 e. The van der Waals surface area contributed by atoms with Crippen molar-refractivity contribution < 1.29 is 33.4 Å². The zero-order chi connectivity index (χ0) is 28.7. The minimum atomic E-state index is -0.476. The molecular formula is C28H49N3O7S. The molecule has 10 nitrogen and oxygen atoms in total. The van der Waals surface area contributed by atoms with Crippen molar-refractivity contribution in [3.05, 3.63) is 0 Å². The zero-order valence-corrected chi connectivity index (χ0v) is 24.7. The lowest BCUT2D eigenvalue weighted by Crippen LogP contribution is -2.33. The minimum absolute atomic E-state index is 0.00493. The Bertz CT molecular complexity index is 751. The summed E-state index contributed by atoms with van der Waals surface area (Å²) in [5.74, 6) is -0.0990. The van der Waals surface area contributed by atoms with Crippen molar-refractivity contribution in [2.24, 2.45) is 0 Å². The number of amides is 4. The van der Waals surface area contributed by atoms with E-state index in [1.165, 1.54) is 16.7 Å². The number of ether oxygens (including phenoxy) is 2. The molecule has 1 aliphatic heterocycles. The molecule has 0 bridgehead atoms. The van der Waals surface area contributed by atoms with Gasteiger partial charge in [0.15, 0.2) is 0 Å². The molecule has 0 saturated carbocycles. The van der Waals surface area contributed by atoms with Crippen LogP contribution in [0.5, 0.6) is 0 Å². The van der Waals surface area contributed by atoms with E-state index in [1.807, 2.05) is 0 Å². The number of rotatable bonds is 25. The highest BCUT2D eigenvalue weighted by Crippen LogP contribution is 2.26. The van der Waals surface area contributed by atoms with Crippen LogP contribution in [0.15, 0.2) is 0 Å². The summed E-state index contributed by atoms with van der Waals surface area (Å²) >= 11 is 1.33. The molecule has 11 heteroatoms. The summed E-state index contributed by atoms with van der Waals surface area (Å²) in [6.45, 7) is 7.25. The summed E-state index contributed by atoms with van der Waals surface area (Å²) in [6, 6.07) is 0. The van der Waals surface area contributed by atoms with Crippen LogP contribution in [-0.2, 0) is 33.4 Å². The van der Waals surface area contributed by atoms with Gasteiger partial charge in [-0.2, -0.15) is 0 Å². The SMILES string of the molecule is CCCCCNC(=O)CCOCCOCCCC(=O)CCN1C(=O)CC(SCCC(=O)NCCCCC)C1=O. The Balaban J connectivity index is 2.04. The fourth-order valence-electron chi connectivity index (χ4n) is 3.91. The molecule has 0 spiro atoms. The molecule has 1 heterocycles. The Labute approximate surface area is 238 Å². The molecular weight excluding hydrogens is 522 g/mol. The molecule has 0 aliphatic carbocycles. The molecule has 2 N–H and O–H groups in total. The molecule has 1 fully saturated rings. The van der Waals surface area contributed by atoms with Gasteiger partial charge in [-0.25, -0.2) is 0 Å². The number of carbonyl (C=O) groups excluding carboxylic acids is 5. The van der Waals surface area contributed by atoms with Crippen molar-refractivity contribution in [3.63, 3.8) is 0 Å². The normalized spacial score (nSPS) is 15.1. The van der Waals surface area contributed by atoms with E-state index in [4.69, 9.17) is 9.47 Å². The van der Waals surface area contributed by atoms with Crippen molar-refractivity contribution in [1.82, 2.24) is 15.5 Å². The highest BCUT2D eigenvalue weighted by Gasteiger charge is 2.38. The molecule has 0 aromatic rings. The Morgan fingerprint density at radius 2 is 1.41 bits per heavy atom. The number of thioether (sulfide) groups is 1. The van der Waals surface area contributed by atoms with Crippen LogP contribution in [-0.4, -0.2) is 91.4 Å². The van der Waals surface area contributed by atoms with Crippen LogP contribution < -0.4 is 10.6 Å². The molecule has 1 atom stereocenters. The molecule has 1 aliphatic rings. The third kappa shape index (κ3) is 17.3. The number of nitrogens with one attached hydrogen (secondary N) is 2. The Hall–Kier alpha value is -1.98. The van der Waals surface area contributed by atoms with Gasteiger partial charge in [0.1, 0.15) is 5.78 Å². The molecule has 4 amide bonds. The van der Waals surface area contributed by atoms with Crippen LogP contribution in [0.3, 0.4) is 0 Å². The Morgan fingerprint density at radius 3 is 2.05 bits per heavy atom. The second-order valence-corrected chi connectivity index (χ2v) is 11.0. The molecule has 1 rings (SSSR count). The first-order chi connectivity index (χ1) is 18.9. The standard InChI is InChI=1S/C28H49N3O7S/c1-3-5-7-14-29-25(33)12-18-38-20-19-37-17-9-10-23(32)11-16-31-27(35)22-24(28(31)36)39-21-13-26(34)30-15-8-6-4-2/h24H,3-22H2,1-2H3,(H,29,33)(H,30,34). The lowest BCUT2D eigenvalue weighted by Gasteiger charge is -2.14. The summed E-state index contributed by atoms with van der Waals surface area (Å²) in [5, 5.41) is 5.26. The molecule has 0 radical (unpaired) electrons. The van der Waals surface area contributed by atoms with Gasteiger partial charge in [-0.1, -0.05) is 39.5 Å². The third-order valence-electron chi connectivity index (χ3n) is 6.26. The Kier molecular flexibility index (Phi) is 20.5. The Morgan fingerprint density at radius 1 is 0.795 bits per heavy atom. The van der Waals surface area contributed by atoms with E-state index in [0.717, 1.165) is 38.5 Å². The van der Waals surface area contributed by atoms with E-state index in [1.54, 1.807) is 0 Å². The highest BCUT2D eigenvalue weighted by atomic mass is 32.2. The van der Waals surface area contributed by atoms with Gasteiger partial charge in [-0.3, -0.25) is 28.9 Å². The number of carbonyl (C=O) groups is 5. The summed E-state index contributed by atoms with van der Waals surface area (Å²) in [5.41, 5.74) is 0. The predicted octanol–water partition coefficient (Wildman–Crippen LogP) is 3.01. The van der Waals surface area contributed by atoms with Crippen molar-refractivity contribution in [2.45, 2.75) is 96.1 Å². The smallest absolute Gasteiger partial charge is 0.242 e. The average molecular weight is 572 g/mol. The molecule has 0 aromatic heterocycles. The van der Waals surface area contributed by atoms with Gasteiger partial charge in [0, 0.05) is 64.1 Å². The number of hydrogen-bond donors (Lipinski definition) is 2. The first kappa shape index (κ1) is 35.0. The van der Waals surface area contributed by atoms with Crippen molar-refractivity contribution in [2.75, 3.05) is 51.8 Å². The minimum Gasteiger partial charge on any atom is -0.379 e. The monoisotopic (exact) mass is 571 g/mol. The number of Topliss-reactive ketones (excluding diaryl/α,β-unsaturated/α-hetero) is 1. The van der Waals surface area contributed by atoms with Gasteiger partial charge in [0.25, 0.3) is 0 Å². The molecule has 224 valence electrons. The second-order valence-electron chi connectivity index (χ2n) is 9.68. The lowest BCUT2D eigenvalue weighted by atomic mass is 10.1. The maximum atomic E-state index is 12.6. The van der Waals surface area contributed by atoms with Crippen LogP contribution in [0.1, 0.15) is 90.9 Å². The molecule has 39 heavy (non-hydrogen) atoms. The average Bonchev–Trinajstić information content (AvgIpc) is 3.18. The number of hydrogen-bond acceptors (Lipinski definition) is 8. The summed E-state index contributed by atoms with van der Waals surface area (Å²) in [6.07, 6.45) is 8.15. The van der Waals surface area contributed by atoms with Crippen LogP contribution in [0.25, 0.3) is 0 Å². The summed E-state index contributed by atoms with van der Waals surface area (Å²) < 4.78 is 10.9. The topological polar surface area (TPSA) is 131 Å². The lowest BCUT2D eigenvalue weighted by molar-refractivity contribution is -0.138. The first-order valence-corrected chi connectivity index (χ1v) is 15.6. The number of ketones is 1. The highest BCUT2D eigenvalue weighted by molar-refractivity contribution is 8.00. The molecule has 1 saturated heterocycles. The van der Waals surface area contributed by atoms with E-state index in [-0.39, 0.29) is 48.8 Å². The number of nitrogens with zero attached hydrogens (tertiary/aromatic N) is 1. The van der Waals surface area contributed by atoms with Gasteiger partial charge in [0.2, 0.25) is 23.6 Å². The van der Waals surface area contributed by atoms with Crippen molar-refractivity contribution >= 4 is 41.2 Å². The second kappa shape index (κ2) is 22.8. The van der Waals surface area contributed by atoms with Crippen LogP contribution in [0, 0.1) is 0 Å². The van der Waals surface area contributed by atoms with Gasteiger partial charge < -0.3 is 20.1 Å². The van der Waals surface area contributed by atoms with E-state index >= 15 is 0 Å². The first-order valence-electron chi connectivity index (χ1n) is 14.5.